The molecule has 0 N–H and O–H groups in total. The van der Waals surface area contributed by atoms with Gasteiger partial charge in [-0.1, -0.05) is 26.3 Å². The van der Waals surface area contributed by atoms with Gasteiger partial charge < -0.3 is 4.74 Å². The second kappa shape index (κ2) is 5.84. The quantitative estimate of drug-likeness (QED) is 0.384. The monoisotopic (exact) mass is 198 g/mol. The van der Waals surface area contributed by atoms with Gasteiger partial charge in [-0.2, -0.15) is 0 Å². The number of carbonyl (C=O) groups is 1. The summed E-state index contributed by atoms with van der Waals surface area (Å²) in [5.41, 5.74) is 0.179. The summed E-state index contributed by atoms with van der Waals surface area (Å²) in [6, 6.07) is 0. The number of ether oxygens (including phenoxy) is 1. The number of unbranched alkanes of at least 4 members (excludes halogenated alkanes) is 2. The Kier molecular flexibility index (Phi) is 5.51. The van der Waals surface area contributed by atoms with Crippen molar-refractivity contribution in [1.29, 1.82) is 0 Å². The Morgan fingerprint density at radius 2 is 1.86 bits per heavy atom. The fraction of sp³-hybridized carbons (Fsp3) is 0.750. The number of hydrogen-bond donors (Lipinski definition) is 0. The summed E-state index contributed by atoms with van der Waals surface area (Å²) in [6.07, 6.45) is 4.07. The van der Waals surface area contributed by atoms with E-state index < -0.39 is 5.60 Å². The third-order valence-electron chi connectivity index (χ3n) is 1.77. The van der Waals surface area contributed by atoms with Crippen molar-refractivity contribution in [2.45, 2.75) is 59.0 Å². The molecule has 0 radical (unpaired) electrons. The van der Waals surface area contributed by atoms with E-state index in [1.54, 1.807) is 0 Å². The zero-order valence-electron chi connectivity index (χ0n) is 9.85. The smallest absolute Gasteiger partial charge is 0.333 e. The second-order valence-electron chi connectivity index (χ2n) is 4.56. The molecule has 2 heteroatoms. The van der Waals surface area contributed by atoms with Gasteiger partial charge in [0.15, 0.2) is 0 Å². The van der Waals surface area contributed by atoms with Gasteiger partial charge in [-0.15, -0.1) is 0 Å². The fourth-order valence-corrected chi connectivity index (χ4v) is 1.04. The van der Waals surface area contributed by atoms with E-state index in [2.05, 4.69) is 13.5 Å². The molecular formula is C12H22O2. The molecule has 0 aromatic carbocycles. The minimum atomic E-state index is -0.412. The molecule has 0 aliphatic heterocycles. The summed E-state index contributed by atoms with van der Waals surface area (Å²) in [5.74, 6) is -0.256. The Bertz CT molecular complexity index is 199. The zero-order valence-corrected chi connectivity index (χ0v) is 9.85. The van der Waals surface area contributed by atoms with E-state index in [0.29, 0.717) is 5.57 Å². The lowest BCUT2D eigenvalue weighted by molar-refractivity contribution is -0.150. The van der Waals surface area contributed by atoms with Gasteiger partial charge in [0.25, 0.3) is 0 Å². The van der Waals surface area contributed by atoms with Crippen LogP contribution in [0.4, 0.5) is 0 Å². The summed E-state index contributed by atoms with van der Waals surface area (Å²) in [5, 5.41) is 0. The Morgan fingerprint density at radius 3 is 2.29 bits per heavy atom. The predicted octanol–water partition coefficient (Wildman–Crippen LogP) is 3.46. The first-order valence-corrected chi connectivity index (χ1v) is 5.28. The molecule has 0 saturated heterocycles. The van der Waals surface area contributed by atoms with Crippen LogP contribution in [-0.4, -0.2) is 11.6 Å². The van der Waals surface area contributed by atoms with Crippen LogP contribution < -0.4 is 0 Å². The maximum atomic E-state index is 11.4. The van der Waals surface area contributed by atoms with Gasteiger partial charge >= 0.3 is 5.97 Å². The molecule has 0 heterocycles. The van der Waals surface area contributed by atoms with Gasteiger partial charge in [0, 0.05) is 5.57 Å². The average molecular weight is 198 g/mol. The zero-order chi connectivity index (χ0) is 11.2. The Hall–Kier alpha value is -0.790. The number of esters is 1. The normalized spacial score (nSPS) is 11.1. The average Bonchev–Trinajstić information content (AvgIpc) is 2.01. The lowest BCUT2D eigenvalue weighted by atomic mass is 10.1. The molecule has 0 aromatic heterocycles. The Labute approximate surface area is 87.3 Å². The fourth-order valence-electron chi connectivity index (χ4n) is 1.04. The predicted molar refractivity (Wildman–Crippen MR) is 59.1 cm³/mol. The molecule has 0 aromatic rings. The van der Waals surface area contributed by atoms with Crippen molar-refractivity contribution >= 4 is 5.97 Å². The summed E-state index contributed by atoms with van der Waals surface area (Å²) < 4.78 is 5.19. The largest absolute Gasteiger partial charge is 0.457 e. The van der Waals surface area contributed by atoms with Crippen LogP contribution in [0.15, 0.2) is 12.2 Å². The molecule has 0 spiro atoms. The van der Waals surface area contributed by atoms with Gasteiger partial charge in [0.05, 0.1) is 0 Å². The van der Waals surface area contributed by atoms with Gasteiger partial charge in [0.1, 0.15) is 5.60 Å². The lowest BCUT2D eigenvalue weighted by Gasteiger charge is -2.20. The maximum absolute atomic E-state index is 11.4. The molecule has 0 fully saturated rings. The standard InChI is InChI=1S/C12H22O2/c1-6-7-8-9-10(2)11(13)14-12(3,4)5/h2,6-9H2,1,3-5H3. The minimum absolute atomic E-state index is 0.256. The molecule has 0 atom stereocenters. The Morgan fingerprint density at radius 1 is 1.29 bits per heavy atom. The van der Waals surface area contributed by atoms with Crippen molar-refractivity contribution in [2.24, 2.45) is 0 Å². The van der Waals surface area contributed by atoms with Gasteiger partial charge in [-0.05, 0) is 33.6 Å². The van der Waals surface area contributed by atoms with E-state index in [4.69, 9.17) is 4.74 Å². The molecule has 0 saturated carbocycles. The van der Waals surface area contributed by atoms with Crippen LogP contribution >= 0.6 is 0 Å². The third kappa shape index (κ3) is 6.70. The van der Waals surface area contributed by atoms with Gasteiger partial charge in [0.2, 0.25) is 0 Å². The molecule has 2 nitrogen and oxygen atoms in total. The van der Waals surface area contributed by atoms with Crippen molar-refractivity contribution in [1.82, 2.24) is 0 Å². The van der Waals surface area contributed by atoms with Crippen LogP contribution in [0, 0.1) is 0 Å². The van der Waals surface area contributed by atoms with Crippen LogP contribution in [0.3, 0.4) is 0 Å². The number of hydrogen-bond acceptors (Lipinski definition) is 2. The summed E-state index contributed by atoms with van der Waals surface area (Å²) >= 11 is 0. The molecule has 14 heavy (non-hydrogen) atoms. The highest BCUT2D eigenvalue weighted by molar-refractivity contribution is 5.87. The van der Waals surface area contributed by atoms with Crippen molar-refractivity contribution in [3.05, 3.63) is 12.2 Å². The van der Waals surface area contributed by atoms with Crippen LogP contribution in [0.5, 0.6) is 0 Å². The Balaban J connectivity index is 3.83. The second-order valence-corrected chi connectivity index (χ2v) is 4.56. The van der Waals surface area contributed by atoms with E-state index in [1.807, 2.05) is 20.8 Å². The number of carbonyl (C=O) groups excluding carboxylic acids is 1. The van der Waals surface area contributed by atoms with Crippen LogP contribution in [0.2, 0.25) is 0 Å². The maximum Gasteiger partial charge on any atom is 0.333 e. The van der Waals surface area contributed by atoms with Crippen molar-refractivity contribution in [2.75, 3.05) is 0 Å². The molecule has 0 unspecified atom stereocenters. The summed E-state index contributed by atoms with van der Waals surface area (Å²) in [7, 11) is 0. The first-order valence-electron chi connectivity index (χ1n) is 5.28. The molecular weight excluding hydrogens is 176 g/mol. The first-order chi connectivity index (χ1) is 6.37. The van der Waals surface area contributed by atoms with E-state index in [0.717, 1.165) is 25.7 Å². The van der Waals surface area contributed by atoms with E-state index in [9.17, 15) is 4.79 Å². The van der Waals surface area contributed by atoms with E-state index >= 15 is 0 Å². The summed E-state index contributed by atoms with van der Waals surface area (Å²) in [4.78, 5) is 11.4. The topological polar surface area (TPSA) is 26.3 Å². The molecule has 0 bridgehead atoms. The van der Waals surface area contributed by atoms with Crippen molar-refractivity contribution in [3.63, 3.8) is 0 Å². The third-order valence-corrected chi connectivity index (χ3v) is 1.77. The molecule has 0 aliphatic carbocycles. The lowest BCUT2D eigenvalue weighted by Crippen LogP contribution is -2.24. The molecule has 0 aliphatic rings. The van der Waals surface area contributed by atoms with Crippen molar-refractivity contribution in [3.8, 4) is 0 Å². The van der Waals surface area contributed by atoms with Crippen molar-refractivity contribution < 1.29 is 9.53 Å². The van der Waals surface area contributed by atoms with Gasteiger partial charge in [-0.3, -0.25) is 0 Å². The minimum Gasteiger partial charge on any atom is -0.457 e. The highest BCUT2D eigenvalue weighted by Crippen LogP contribution is 2.14. The molecule has 0 rings (SSSR count). The van der Waals surface area contributed by atoms with E-state index in [1.165, 1.54) is 0 Å². The van der Waals surface area contributed by atoms with Crippen LogP contribution in [0.1, 0.15) is 53.4 Å². The highest BCUT2D eigenvalue weighted by atomic mass is 16.6. The first kappa shape index (κ1) is 13.2. The molecule has 82 valence electrons. The number of rotatable bonds is 5. The molecule has 0 amide bonds. The summed E-state index contributed by atoms with van der Waals surface area (Å²) in [6.45, 7) is 11.5. The SMILES string of the molecule is C=C(CCCCC)C(=O)OC(C)(C)C. The van der Waals surface area contributed by atoms with Crippen LogP contribution in [0.25, 0.3) is 0 Å². The van der Waals surface area contributed by atoms with Gasteiger partial charge in [-0.25, -0.2) is 4.79 Å². The highest BCUT2D eigenvalue weighted by Gasteiger charge is 2.17. The van der Waals surface area contributed by atoms with Crippen LogP contribution in [-0.2, 0) is 9.53 Å². The van der Waals surface area contributed by atoms with E-state index in [-0.39, 0.29) is 5.97 Å².